The molecule has 0 saturated heterocycles. The maximum atomic E-state index is 11.8. The lowest BCUT2D eigenvalue weighted by Crippen LogP contribution is -2.33. The Labute approximate surface area is 164 Å². The lowest BCUT2D eigenvalue weighted by atomic mass is 10.1. The van der Waals surface area contributed by atoms with E-state index in [-0.39, 0.29) is 0 Å². The Morgan fingerprint density at radius 1 is 1.04 bits per heavy atom. The number of carbonyl (C=O) groups is 2. The van der Waals surface area contributed by atoms with Crippen molar-refractivity contribution in [2.45, 2.75) is 13.5 Å². The van der Waals surface area contributed by atoms with Gasteiger partial charge in [-0.05, 0) is 24.1 Å². The van der Waals surface area contributed by atoms with Gasteiger partial charge in [0.1, 0.15) is 6.54 Å². The van der Waals surface area contributed by atoms with Gasteiger partial charge < -0.3 is 10.1 Å². The van der Waals surface area contributed by atoms with E-state index < -0.39 is 35.1 Å². The van der Waals surface area contributed by atoms with Crippen LogP contribution in [0.1, 0.15) is 16.7 Å². The second-order valence-electron chi connectivity index (χ2n) is 6.00. The summed E-state index contributed by atoms with van der Waals surface area (Å²) in [6.45, 7) is 1.24. The van der Waals surface area contributed by atoms with Crippen LogP contribution in [0.15, 0.2) is 60.0 Å². The van der Waals surface area contributed by atoms with E-state index in [0.29, 0.717) is 12.1 Å². The Kier molecular flexibility index (Phi) is 7.91. The molecule has 2 N–H and O–H groups in total. The highest BCUT2D eigenvalue weighted by atomic mass is 32.2. The number of ether oxygens (including phenoxy) is 1. The molecule has 2 aromatic carbocycles. The summed E-state index contributed by atoms with van der Waals surface area (Å²) in [4.78, 5) is 23.3. The third-order valence-corrected chi connectivity index (χ3v) is 4.67. The molecule has 0 fully saturated rings. The van der Waals surface area contributed by atoms with Crippen molar-refractivity contribution in [1.29, 1.82) is 0 Å². The van der Waals surface area contributed by atoms with Gasteiger partial charge in [0.25, 0.3) is 5.91 Å². The third-order valence-electron chi connectivity index (χ3n) is 3.63. The first-order chi connectivity index (χ1) is 13.3. The van der Waals surface area contributed by atoms with Crippen LogP contribution < -0.4 is 10.0 Å². The molecule has 0 radical (unpaired) electrons. The predicted octanol–water partition coefficient (Wildman–Crippen LogP) is 1.74. The van der Waals surface area contributed by atoms with Gasteiger partial charge in [0.2, 0.25) is 10.0 Å². The van der Waals surface area contributed by atoms with E-state index in [2.05, 4.69) is 10.0 Å². The normalized spacial score (nSPS) is 11.3. The van der Waals surface area contributed by atoms with Gasteiger partial charge in [0.15, 0.2) is 6.61 Å². The Balaban J connectivity index is 1.69. The molecular formula is C20H22N2O5S. The molecule has 2 rings (SSSR count). The summed E-state index contributed by atoms with van der Waals surface area (Å²) in [5.74, 6) is -1.32. The van der Waals surface area contributed by atoms with Crippen molar-refractivity contribution in [2.24, 2.45) is 0 Å². The second kappa shape index (κ2) is 10.4. The van der Waals surface area contributed by atoms with Crippen LogP contribution in [0, 0.1) is 6.92 Å². The highest BCUT2D eigenvalue weighted by Gasteiger charge is 2.11. The molecule has 0 aliphatic heterocycles. The monoisotopic (exact) mass is 402 g/mol. The average Bonchev–Trinajstić information content (AvgIpc) is 2.70. The van der Waals surface area contributed by atoms with E-state index in [1.54, 1.807) is 24.3 Å². The zero-order valence-electron chi connectivity index (χ0n) is 15.4. The van der Waals surface area contributed by atoms with E-state index in [1.165, 1.54) is 6.08 Å². The molecule has 1 amide bonds. The van der Waals surface area contributed by atoms with E-state index in [1.807, 2.05) is 37.3 Å². The second-order valence-corrected chi connectivity index (χ2v) is 7.65. The minimum absolute atomic E-state index is 0.313. The van der Waals surface area contributed by atoms with Gasteiger partial charge in [-0.15, -0.1) is 0 Å². The number of aryl methyl sites for hydroxylation is 1. The zero-order chi connectivity index (χ0) is 20.4. The highest BCUT2D eigenvalue weighted by molar-refractivity contribution is 7.92. The summed E-state index contributed by atoms with van der Waals surface area (Å²) in [5, 5.41) is 3.58. The maximum Gasteiger partial charge on any atom is 0.321 e. The molecule has 0 bridgehead atoms. The number of hydrogen-bond acceptors (Lipinski definition) is 5. The van der Waals surface area contributed by atoms with Gasteiger partial charge in [-0.1, -0.05) is 60.2 Å². The first kappa shape index (κ1) is 21.3. The first-order valence-corrected chi connectivity index (χ1v) is 10.1. The Hall–Kier alpha value is -2.97. The fourth-order valence-corrected chi connectivity index (χ4v) is 2.85. The van der Waals surface area contributed by atoms with Crippen molar-refractivity contribution in [2.75, 3.05) is 13.2 Å². The smallest absolute Gasteiger partial charge is 0.321 e. The molecule has 28 heavy (non-hydrogen) atoms. The van der Waals surface area contributed by atoms with Crippen LogP contribution in [0.5, 0.6) is 0 Å². The van der Waals surface area contributed by atoms with Crippen LogP contribution in [0.4, 0.5) is 0 Å². The minimum atomic E-state index is -3.80. The SMILES string of the molecule is Cc1ccc(CNC(=O)COC(=O)CNS(=O)(=O)/C=C/c2ccccc2)cc1. The van der Waals surface area contributed by atoms with Crippen LogP contribution in [-0.2, 0) is 30.9 Å². The van der Waals surface area contributed by atoms with Crippen LogP contribution in [0.25, 0.3) is 6.08 Å². The third kappa shape index (κ3) is 8.15. The van der Waals surface area contributed by atoms with E-state index >= 15 is 0 Å². The Bertz CT molecular complexity index is 923. The average molecular weight is 402 g/mol. The Morgan fingerprint density at radius 2 is 1.71 bits per heavy atom. The number of nitrogens with one attached hydrogen (secondary N) is 2. The van der Waals surface area contributed by atoms with Crippen molar-refractivity contribution in [3.63, 3.8) is 0 Å². The first-order valence-electron chi connectivity index (χ1n) is 8.55. The summed E-state index contributed by atoms with van der Waals surface area (Å²) in [6, 6.07) is 16.5. The number of hydrogen-bond donors (Lipinski definition) is 2. The van der Waals surface area contributed by atoms with E-state index in [0.717, 1.165) is 16.5 Å². The van der Waals surface area contributed by atoms with Gasteiger partial charge in [-0.2, -0.15) is 0 Å². The molecule has 0 spiro atoms. The molecule has 0 heterocycles. The largest absolute Gasteiger partial charge is 0.455 e. The maximum absolute atomic E-state index is 11.8. The van der Waals surface area contributed by atoms with Crippen molar-refractivity contribution in [1.82, 2.24) is 10.0 Å². The van der Waals surface area contributed by atoms with Crippen molar-refractivity contribution in [3.05, 3.63) is 76.7 Å². The standard InChI is InChI=1S/C20H22N2O5S/c1-16-7-9-18(10-8-16)13-21-19(23)15-27-20(24)14-22-28(25,26)12-11-17-5-3-2-4-6-17/h2-12,22H,13-15H2,1H3,(H,21,23)/b12-11+. The summed E-state index contributed by atoms with van der Waals surface area (Å²) < 4.78 is 30.6. The lowest BCUT2D eigenvalue weighted by molar-refractivity contribution is -0.147. The fraction of sp³-hybridized carbons (Fsp3) is 0.200. The molecule has 0 saturated carbocycles. The summed E-state index contributed by atoms with van der Waals surface area (Å²) in [7, 11) is -3.80. The molecule has 7 nitrogen and oxygen atoms in total. The minimum Gasteiger partial charge on any atom is -0.455 e. The molecule has 0 aliphatic rings. The molecule has 2 aromatic rings. The van der Waals surface area contributed by atoms with Crippen LogP contribution in [-0.4, -0.2) is 33.4 Å². The number of carbonyl (C=O) groups excluding carboxylic acids is 2. The van der Waals surface area contributed by atoms with Crippen LogP contribution in [0.3, 0.4) is 0 Å². The van der Waals surface area contributed by atoms with Gasteiger partial charge in [0.05, 0.1) is 0 Å². The van der Waals surface area contributed by atoms with Crippen LogP contribution >= 0.6 is 0 Å². The summed E-state index contributed by atoms with van der Waals surface area (Å²) >= 11 is 0. The molecule has 0 unspecified atom stereocenters. The van der Waals surface area contributed by atoms with E-state index in [4.69, 9.17) is 4.74 Å². The molecule has 8 heteroatoms. The zero-order valence-corrected chi connectivity index (χ0v) is 16.2. The number of esters is 1. The van der Waals surface area contributed by atoms with E-state index in [9.17, 15) is 18.0 Å². The predicted molar refractivity (Wildman–Crippen MR) is 106 cm³/mol. The quantitative estimate of drug-likeness (QED) is 0.622. The van der Waals surface area contributed by atoms with Crippen molar-refractivity contribution in [3.8, 4) is 0 Å². The number of benzene rings is 2. The topological polar surface area (TPSA) is 102 Å². The molecule has 0 aromatic heterocycles. The number of sulfonamides is 1. The van der Waals surface area contributed by atoms with Gasteiger partial charge in [0, 0.05) is 12.0 Å². The Morgan fingerprint density at radius 3 is 2.39 bits per heavy atom. The highest BCUT2D eigenvalue weighted by Crippen LogP contribution is 2.03. The lowest BCUT2D eigenvalue weighted by Gasteiger charge is -2.07. The number of rotatable bonds is 9. The number of amides is 1. The summed E-state index contributed by atoms with van der Waals surface area (Å²) in [6.07, 6.45) is 1.41. The van der Waals surface area contributed by atoms with Gasteiger partial charge in [-0.3, -0.25) is 9.59 Å². The van der Waals surface area contributed by atoms with Crippen molar-refractivity contribution < 1.29 is 22.7 Å². The van der Waals surface area contributed by atoms with Crippen molar-refractivity contribution >= 4 is 28.0 Å². The fourth-order valence-electron chi connectivity index (χ4n) is 2.09. The molecule has 0 aliphatic carbocycles. The summed E-state index contributed by atoms with van der Waals surface area (Å²) in [5.41, 5.74) is 2.74. The van der Waals surface area contributed by atoms with Crippen LogP contribution in [0.2, 0.25) is 0 Å². The molecular weight excluding hydrogens is 380 g/mol. The molecule has 0 atom stereocenters. The van der Waals surface area contributed by atoms with Gasteiger partial charge in [-0.25, -0.2) is 13.1 Å². The van der Waals surface area contributed by atoms with Gasteiger partial charge >= 0.3 is 5.97 Å². The molecule has 148 valence electrons.